The average Bonchev–Trinajstić information content (AvgIpc) is 2.85. The van der Waals surface area contributed by atoms with Crippen LogP contribution in [0, 0.1) is 0 Å². The van der Waals surface area contributed by atoms with Gasteiger partial charge < -0.3 is 9.47 Å². The van der Waals surface area contributed by atoms with Crippen molar-refractivity contribution >= 4 is 15.9 Å². The summed E-state index contributed by atoms with van der Waals surface area (Å²) in [5, 5.41) is 0. The van der Waals surface area contributed by atoms with E-state index in [0.717, 1.165) is 23.2 Å². The van der Waals surface area contributed by atoms with Crippen molar-refractivity contribution < 1.29 is 9.47 Å². The highest BCUT2D eigenvalue weighted by atomic mass is 79.9. The average molecular weight is 272 g/mol. The molecule has 1 saturated carbocycles. The van der Waals surface area contributed by atoms with Gasteiger partial charge in [-0.25, -0.2) is 4.98 Å². The number of aromatic nitrogens is 1. The van der Waals surface area contributed by atoms with E-state index in [1.165, 1.54) is 0 Å². The van der Waals surface area contributed by atoms with Crippen LogP contribution in [-0.4, -0.2) is 17.2 Å². The molecular formula is C11H14BrNO2. The Labute approximate surface area is 97.9 Å². The zero-order valence-corrected chi connectivity index (χ0v) is 10.5. The van der Waals surface area contributed by atoms with Crippen molar-refractivity contribution in [3.63, 3.8) is 0 Å². The van der Waals surface area contributed by atoms with Crippen molar-refractivity contribution in [2.45, 2.75) is 38.9 Å². The molecule has 2 rings (SSSR count). The van der Waals surface area contributed by atoms with Gasteiger partial charge in [0.05, 0.1) is 12.2 Å². The smallest absolute Gasteiger partial charge is 0.218 e. The van der Waals surface area contributed by atoms with Crippen molar-refractivity contribution in [3.05, 3.63) is 16.7 Å². The third-order valence-electron chi connectivity index (χ3n) is 1.93. The van der Waals surface area contributed by atoms with Crippen LogP contribution >= 0.6 is 15.9 Å². The normalized spacial score (nSPS) is 15.5. The molecule has 0 aromatic carbocycles. The predicted octanol–water partition coefficient (Wildman–Crippen LogP) is 3.17. The fourth-order valence-electron chi connectivity index (χ4n) is 1.20. The summed E-state index contributed by atoms with van der Waals surface area (Å²) in [5.41, 5.74) is 0. The van der Waals surface area contributed by atoms with Crippen LogP contribution < -0.4 is 9.47 Å². The topological polar surface area (TPSA) is 31.4 Å². The highest BCUT2D eigenvalue weighted by Gasteiger charge is 2.23. The molecule has 15 heavy (non-hydrogen) atoms. The second kappa shape index (κ2) is 4.39. The summed E-state index contributed by atoms with van der Waals surface area (Å²) in [6, 6.07) is 3.70. The van der Waals surface area contributed by atoms with Crippen molar-refractivity contribution in [1.29, 1.82) is 0 Å². The van der Waals surface area contributed by atoms with Gasteiger partial charge in [-0.2, -0.15) is 0 Å². The molecule has 0 bridgehead atoms. The molecule has 1 aliphatic rings. The molecule has 1 aromatic rings. The summed E-state index contributed by atoms with van der Waals surface area (Å²) in [7, 11) is 0. The van der Waals surface area contributed by atoms with E-state index >= 15 is 0 Å². The summed E-state index contributed by atoms with van der Waals surface area (Å²) in [5.74, 6) is 1.44. The maximum absolute atomic E-state index is 5.68. The molecule has 3 nitrogen and oxygen atoms in total. The van der Waals surface area contributed by atoms with Crippen molar-refractivity contribution in [2.75, 3.05) is 0 Å². The molecule has 1 fully saturated rings. The van der Waals surface area contributed by atoms with Crippen LogP contribution in [0.3, 0.4) is 0 Å². The molecular weight excluding hydrogens is 258 g/mol. The van der Waals surface area contributed by atoms with E-state index in [1.807, 2.05) is 26.0 Å². The minimum absolute atomic E-state index is 0.126. The summed E-state index contributed by atoms with van der Waals surface area (Å²) in [6.07, 6.45) is 2.83. The van der Waals surface area contributed by atoms with Crippen LogP contribution in [0.15, 0.2) is 16.7 Å². The first kappa shape index (κ1) is 10.7. The standard InChI is InChI=1S/C11H14BrNO2/c1-7(2)14-11-6-9(5-10(12)13-11)15-8-3-4-8/h5-8H,3-4H2,1-2H3. The molecule has 0 spiro atoms. The predicted molar refractivity (Wildman–Crippen MR) is 61.4 cm³/mol. The number of pyridine rings is 1. The number of hydrogen-bond donors (Lipinski definition) is 0. The van der Waals surface area contributed by atoms with Gasteiger partial charge in [0.2, 0.25) is 5.88 Å². The monoisotopic (exact) mass is 271 g/mol. The van der Waals surface area contributed by atoms with E-state index in [1.54, 1.807) is 0 Å². The van der Waals surface area contributed by atoms with Crippen LogP contribution in [0.4, 0.5) is 0 Å². The molecule has 0 saturated heterocycles. The van der Waals surface area contributed by atoms with Gasteiger partial charge in [-0.3, -0.25) is 0 Å². The van der Waals surface area contributed by atoms with E-state index in [9.17, 15) is 0 Å². The van der Waals surface area contributed by atoms with E-state index in [-0.39, 0.29) is 6.10 Å². The molecule has 0 radical (unpaired) electrons. The number of hydrogen-bond acceptors (Lipinski definition) is 3. The number of halogens is 1. The van der Waals surface area contributed by atoms with E-state index in [4.69, 9.17) is 9.47 Å². The van der Waals surface area contributed by atoms with Gasteiger partial charge in [0, 0.05) is 12.1 Å². The van der Waals surface area contributed by atoms with Gasteiger partial charge in [0.25, 0.3) is 0 Å². The van der Waals surface area contributed by atoms with Gasteiger partial charge in [-0.15, -0.1) is 0 Å². The molecule has 4 heteroatoms. The van der Waals surface area contributed by atoms with E-state index in [2.05, 4.69) is 20.9 Å². The lowest BCUT2D eigenvalue weighted by Crippen LogP contribution is -2.07. The first-order valence-corrected chi connectivity index (χ1v) is 5.93. The van der Waals surface area contributed by atoms with Gasteiger partial charge in [0.15, 0.2) is 0 Å². The first-order valence-electron chi connectivity index (χ1n) is 5.14. The summed E-state index contributed by atoms with van der Waals surface area (Å²) >= 11 is 3.34. The van der Waals surface area contributed by atoms with Crippen LogP contribution in [0.25, 0.3) is 0 Å². The van der Waals surface area contributed by atoms with Crippen LogP contribution in [0.1, 0.15) is 26.7 Å². The van der Waals surface area contributed by atoms with E-state index in [0.29, 0.717) is 12.0 Å². The molecule has 0 amide bonds. The first-order chi connectivity index (χ1) is 7.13. The third-order valence-corrected chi connectivity index (χ3v) is 2.33. The van der Waals surface area contributed by atoms with Crippen LogP contribution in [0.2, 0.25) is 0 Å². The second-order valence-corrected chi connectivity index (χ2v) is 4.76. The molecule has 0 unspecified atom stereocenters. The largest absolute Gasteiger partial charge is 0.490 e. The fraction of sp³-hybridized carbons (Fsp3) is 0.545. The zero-order chi connectivity index (χ0) is 10.8. The Kier molecular flexibility index (Phi) is 3.14. The molecule has 1 aromatic heterocycles. The number of rotatable bonds is 4. The lowest BCUT2D eigenvalue weighted by atomic mass is 10.4. The Morgan fingerprint density at radius 3 is 2.73 bits per heavy atom. The Bertz CT molecular complexity index is 328. The van der Waals surface area contributed by atoms with Gasteiger partial charge in [-0.05, 0) is 42.6 Å². The maximum Gasteiger partial charge on any atom is 0.218 e. The maximum atomic E-state index is 5.68. The minimum Gasteiger partial charge on any atom is -0.490 e. The lowest BCUT2D eigenvalue weighted by Gasteiger charge is -2.11. The fourth-order valence-corrected chi connectivity index (χ4v) is 1.60. The van der Waals surface area contributed by atoms with E-state index < -0.39 is 0 Å². The summed E-state index contributed by atoms with van der Waals surface area (Å²) in [4.78, 5) is 4.22. The number of ether oxygens (including phenoxy) is 2. The van der Waals surface area contributed by atoms with Gasteiger partial charge in [-0.1, -0.05) is 0 Å². The molecule has 0 N–H and O–H groups in total. The third kappa shape index (κ3) is 3.38. The van der Waals surface area contributed by atoms with Crippen molar-refractivity contribution in [1.82, 2.24) is 4.98 Å². The molecule has 82 valence electrons. The zero-order valence-electron chi connectivity index (χ0n) is 8.87. The second-order valence-electron chi connectivity index (χ2n) is 3.95. The van der Waals surface area contributed by atoms with Crippen molar-refractivity contribution in [3.8, 4) is 11.6 Å². The Hall–Kier alpha value is -0.770. The lowest BCUT2D eigenvalue weighted by molar-refractivity contribution is 0.229. The van der Waals surface area contributed by atoms with Crippen LogP contribution in [-0.2, 0) is 0 Å². The van der Waals surface area contributed by atoms with Crippen LogP contribution in [0.5, 0.6) is 11.6 Å². The highest BCUT2D eigenvalue weighted by molar-refractivity contribution is 9.10. The van der Waals surface area contributed by atoms with Gasteiger partial charge in [0.1, 0.15) is 10.4 Å². The number of nitrogens with zero attached hydrogens (tertiary/aromatic N) is 1. The summed E-state index contributed by atoms with van der Waals surface area (Å²) in [6.45, 7) is 3.95. The Morgan fingerprint density at radius 1 is 1.40 bits per heavy atom. The Morgan fingerprint density at radius 2 is 2.13 bits per heavy atom. The summed E-state index contributed by atoms with van der Waals surface area (Å²) < 4.78 is 11.9. The minimum atomic E-state index is 0.126. The Balaban J connectivity index is 2.11. The quantitative estimate of drug-likeness (QED) is 0.789. The molecule has 1 heterocycles. The molecule has 0 aliphatic heterocycles. The highest BCUT2D eigenvalue weighted by Crippen LogP contribution is 2.30. The van der Waals surface area contributed by atoms with Crippen molar-refractivity contribution in [2.24, 2.45) is 0 Å². The molecule has 0 atom stereocenters. The van der Waals surface area contributed by atoms with Gasteiger partial charge >= 0.3 is 0 Å². The molecule has 1 aliphatic carbocycles. The SMILES string of the molecule is CC(C)Oc1cc(OC2CC2)cc(Br)n1.